The first-order valence-corrected chi connectivity index (χ1v) is 7.03. The van der Waals surface area contributed by atoms with Gasteiger partial charge in [0, 0.05) is 14.5 Å². The molecule has 0 aliphatic rings. The van der Waals surface area contributed by atoms with Gasteiger partial charge in [-0.2, -0.15) is 0 Å². The summed E-state index contributed by atoms with van der Waals surface area (Å²) < 4.78 is 45.7. The smallest absolute Gasteiger partial charge is 0.469 e. The average Bonchev–Trinajstić information content (AvgIpc) is 2.26. The van der Waals surface area contributed by atoms with E-state index in [-0.39, 0.29) is 23.0 Å². The van der Waals surface area contributed by atoms with Crippen LogP contribution >= 0.6 is 38.5 Å². The molecule has 0 N–H and O–H groups in total. The minimum absolute atomic E-state index is 0.153. The van der Waals surface area contributed by atoms with Crippen molar-refractivity contribution in [2.24, 2.45) is 0 Å². The molecular weight excluding hydrogens is 446 g/mol. The van der Waals surface area contributed by atoms with E-state index < -0.39 is 18.2 Å². The molecule has 106 valence electrons. The highest BCUT2D eigenvalue weighted by Crippen LogP contribution is 2.30. The number of halogens is 5. The van der Waals surface area contributed by atoms with Crippen LogP contribution in [0.1, 0.15) is 11.3 Å². The number of hydrogen-bond donors (Lipinski definition) is 0. The van der Waals surface area contributed by atoms with Crippen LogP contribution in [0.5, 0.6) is 5.88 Å². The number of methoxy groups -OCH3 is 1. The molecule has 0 saturated heterocycles. The molecule has 0 aromatic carbocycles. The van der Waals surface area contributed by atoms with Crippen molar-refractivity contribution >= 4 is 44.5 Å². The van der Waals surface area contributed by atoms with Gasteiger partial charge >= 0.3 is 12.3 Å². The number of hydrogen-bond acceptors (Lipinski definition) is 4. The molecule has 0 spiro atoms. The van der Waals surface area contributed by atoms with Crippen LogP contribution in [0.25, 0.3) is 0 Å². The molecule has 0 radical (unpaired) electrons. The van der Waals surface area contributed by atoms with E-state index in [2.05, 4.69) is 30.4 Å². The number of rotatable bonds is 4. The Labute approximate surface area is 128 Å². The third-order valence-corrected chi connectivity index (χ3v) is 3.51. The summed E-state index contributed by atoms with van der Waals surface area (Å²) in [7, 11) is 1.19. The van der Waals surface area contributed by atoms with E-state index in [4.69, 9.17) is 0 Å². The fourth-order valence-electron chi connectivity index (χ4n) is 1.19. The van der Waals surface area contributed by atoms with Gasteiger partial charge in [0.05, 0.1) is 19.2 Å². The first-order valence-electron chi connectivity index (χ1n) is 4.83. The summed E-state index contributed by atoms with van der Waals surface area (Å²) in [6.45, 7) is 0. The van der Waals surface area contributed by atoms with Crippen molar-refractivity contribution < 1.29 is 27.4 Å². The minimum atomic E-state index is -4.84. The van der Waals surface area contributed by atoms with Crippen LogP contribution in [0, 0.1) is 3.57 Å². The number of pyridine rings is 1. The largest absolute Gasteiger partial charge is 0.574 e. The molecule has 19 heavy (non-hydrogen) atoms. The number of ether oxygens (including phenoxy) is 2. The second-order valence-corrected chi connectivity index (χ2v) is 5.04. The van der Waals surface area contributed by atoms with Gasteiger partial charge in [-0.1, -0.05) is 15.9 Å². The van der Waals surface area contributed by atoms with Gasteiger partial charge < -0.3 is 9.47 Å². The summed E-state index contributed by atoms with van der Waals surface area (Å²) in [4.78, 5) is 14.8. The van der Waals surface area contributed by atoms with E-state index in [0.717, 1.165) is 0 Å². The van der Waals surface area contributed by atoms with Crippen molar-refractivity contribution in [1.82, 2.24) is 4.98 Å². The van der Waals surface area contributed by atoms with Crippen molar-refractivity contribution in [3.8, 4) is 5.88 Å². The summed E-state index contributed by atoms with van der Waals surface area (Å²) in [5.41, 5.74) is 0.423. The van der Waals surface area contributed by atoms with Gasteiger partial charge in [-0.15, -0.1) is 13.2 Å². The van der Waals surface area contributed by atoms with Gasteiger partial charge in [0.2, 0.25) is 5.88 Å². The van der Waals surface area contributed by atoms with Crippen LogP contribution in [-0.2, 0) is 21.3 Å². The number of esters is 1. The van der Waals surface area contributed by atoms with E-state index in [1.165, 1.54) is 13.2 Å². The lowest BCUT2D eigenvalue weighted by atomic mass is 10.2. The highest BCUT2D eigenvalue weighted by Gasteiger charge is 2.33. The fraction of sp³-hybridized carbons (Fsp3) is 0.400. The predicted molar refractivity (Wildman–Crippen MR) is 72.0 cm³/mol. The van der Waals surface area contributed by atoms with Gasteiger partial charge in [-0.3, -0.25) is 4.79 Å². The van der Waals surface area contributed by atoms with Crippen molar-refractivity contribution in [1.29, 1.82) is 0 Å². The van der Waals surface area contributed by atoms with Crippen molar-refractivity contribution in [2.75, 3.05) is 7.11 Å². The first-order chi connectivity index (χ1) is 8.76. The number of aromatic nitrogens is 1. The van der Waals surface area contributed by atoms with Gasteiger partial charge in [0.25, 0.3) is 0 Å². The van der Waals surface area contributed by atoms with Crippen LogP contribution in [0.15, 0.2) is 6.07 Å². The monoisotopic (exact) mass is 453 g/mol. The van der Waals surface area contributed by atoms with E-state index in [1.807, 2.05) is 22.6 Å². The summed E-state index contributed by atoms with van der Waals surface area (Å²) in [6, 6.07) is 1.51. The molecule has 0 unspecified atom stereocenters. The Bertz CT molecular complexity index is 482. The van der Waals surface area contributed by atoms with Gasteiger partial charge in [-0.05, 0) is 28.7 Å². The number of carbonyl (C=O) groups is 1. The lowest BCUT2D eigenvalue weighted by Gasteiger charge is -2.13. The Morgan fingerprint density at radius 1 is 1.53 bits per heavy atom. The Hall–Kier alpha value is -0.580. The molecule has 1 aromatic rings. The molecule has 1 aromatic heterocycles. The number of alkyl halides is 4. The third-order valence-electron chi connectivity index (χ3n) is 1.98. The molecular formula is C10H8BrF3INO3. The quantitative estimate of drug-likeness (QED) is 0.399. The van der Waals surface area contributed by atoms with E-state index in [9.17, 15) is 18.0 Å². The molecule has 0 atom stereocenters. The Morgan fingerprint density at radius 2 is 2.16 bits per heavy atom. The van der Waals surface area contributed by atoms with Crippen LogP contribution in [0.2, 0.25) is 0 Å². The molecule has 0 saturated carbocycles. The SMILES string of the molecule is COC(=O)Cc1cc(I)c(CBr)c(OC(F)(F)F)n1. The lowest BCUT2D eigenvalue weighted by molar-refractivity contribution is -0.276. The van der Waals surface area contributed by atoms with Crippen molar-refractivity contribution in [3.05, 3.63) is 20.9 Å². The van der Waals surface area contributed by atoms with Crippen LogP contribution in [0.4, 0.5) is 13.2 Å². The van der Waals surface area contributed by atoms with Crippen molar-refractivity contribution in [3.63, 3.8) is 0 Å². The van der Waals surface area contributed by atoms with Crippen LogP contribution in [0.3, 0.4) is 0 Å². The zero-order valence-corrected chi connectivity index (χ0v) is 13.3. The second-order valence-electron chi connectivity index (χ2n) is 3.31. The Morgan fingerprint density at radius 3 is 2.63 bits per heavy atom. The molecule has 1 heterocycles. The summed E-state index contributed by atoms with van der Waals surface area (Å²) in [5.74, 6) is -1.15. The molecule has 0 amide bonds. The standard InChI is InChI=1S/C10H8BrF3INO3/c1-18-8(17)3-5-2-7(15)6(4-11)9(16-5)19-10(12,13)14/h2H,3-4H2,1H3. The Balaban J connectivity index is 3.14. The summed E-state index contributed by atoms with van der Waals surface area (Å²) in [6.07, 6.45) is -5.06. The average molecular weight is 454 g/mol. The topological polar surface area (TPSA) is 48.4 Å². The second kappa shape index (κ2) is 6.73. The summed E-state index contributed by atoms with van der Waals surface area (Å²) >= 11 is 4.92. The maximum absolute atomic E-state index is 12.3. The van der Waals surface area contributed by atoms with Crippen LogP contribution in [-0.4, -0.2) is 24.4 Å². The molecule has 0 aliphatic carbocycles. The molecule has 0 bridgehead atoms. The molecule has 0 fully saturated rings. The molecule has 9 heteroatoms. The van der Waals surface area contributed by atoms with Crippen LogP contribution < -0.4 is 4.74 Å². The maximum atomic E-state index is 12.3. The number of carbonyl (C=O) groups excluding carboxylic acids is 1. The molecule has 1 rings (SSSR count). The summed E-state index contributed by atoms with van der Waals surface area (Å²) in [5, 5.41) is 0.155. The minimum Gasteiger partial charge on any atom is -0.469 e. The van der Waals surface area contributed by atoms with E-state index in [1.54, 1.807) is 0 Å². The van der Waals surface area contributed by atoms with Gasteiger partial charge in [0.15, 0.2) is 0 Å². The zero-order chi connectivity index (χ0) is 14.6. The normalized spacial score (nSPS) is 11.3. The maximum Gasteiger partial charge on any atom is 0.574 e. The predicted octanol–water partition coefficient (Wildman–Crippen LogP) is 3.20. The highest BCUT2D eigenvalue weighted by molar-refractivity contribution is 14.1. The van der Waals surface area contributed by atoms with E-state index >= 15 is 0 Å². The zero-order valence-electron chi connectivity index (χ0n) is 9.55. The van der Waals surface area contributed by atoms with Gasteiger partial charge in [0.1, 0.15) is 0 Å². The lowest BCUT2D eigenvalue weighted by Crippen LogP contribution is -2.20. The molecule has 0 aliphatic heterocycles. The third kappa shape index (κ3) is 5.13. The highest BCUT2D eigenvalue weighted by atomic mass is 127. The van der Waals surface area contributed by atoms with Crippen molar-refractivity contribution in [2.45, 2.75) is 18.1 Å². The molecule has 4 nitrogen and oxygen atoms in total. The number of nitrogens with zero attached hydrogens (tertiary/aromatic N) is 1. The van der Waals surface area contributed by atoms with E-state index in [0.29, 0.717) is 3.57 Å². The Kier molecular flexibility index (Phi) is 5.83. The van der Waals surface area contributed by atoms with Gasteiger partial charge in [-0.25, -0.2) is 4.98 Å². The fourth-order valence-corrected chi connectivity index (χ4v) is 3.04. The first kappa shape index (κ1) is 16.5.